The van der Waals surface area contributed by atoms with Crippen molar-refractivity contribution in [3.63, 3.8) is 0 Å². The van der Waals surface area contributed by atoms with Crippen LogP contribution in [0.3, 0.4) is 0 Å². The van der Waals surface area contributed by atoms with Crippen molar-refractivity contribution in [2.75, 3.05) is 25.5 Å². The maximum absolute atomic E-state index is 12.2. The normalized spacial score (nSPS) is 13.6. The van der Waals surface area contributed by atoms with Crippen LogP contribution in [0.25, 0.3) is 0 Å². The van der Waals surface area contributed by atoms with Gasteiger partial charge in [-0.15, -0.1) is 0 Å². The molecular weight excluding hydrogens is 340 g/mol. The number of carbonyl (C=O) groups is 2. The van der Waals surface area contributed by atoms with Crippen molar-refractivity contribution >= 4 is 33.6 Å². The summed E-state index contributed by atoms with van der Waals surface area (Å²) in [5.41, 5.74) is 0.561. The molecule has 0 spiro atoms. The van der Waals surface area contributed by atoms with Crippen molar-refractivity contribution in [3.8, 4) is 5.75 Å². The number of benzene rings is 1. The lowest BCUT2D eigenvalue weighted by atomic mass is 10.3. The molecule has 6 nitrogen and oxygen atoms in total. The molecule has 1 aliphatic carbocycles. The zero-order chi connectivity index (χ0) is 15.4. The molecule has 1 saturated carbocycles. The second-order valence-corrected chi connectivity index (χ2v) is 5.85. The molecule has 0 heterocycles. The van der Waals surface area contributed by atoms with E-state index in [2.05, 4.69) is 21.2 Å². The predicted molar refractivity (Wildman–Crippen MR) is 81.6 cm³/mol. The summed E-state index contributed by atoms with van der Waals surface area (Å²) in [4.78, 5) is 24.4. The molecule has 0 unspecified atom stereocenters. The fourth-order valence-electron chi connectivity index (χ4n) is 1.93. The number of rotatable bonds is 6. The molecule has 7 heteroatoms. The van der Waals surface area contributed by atoms with Gasteiger partial charge in [0.2, 0.25) is 0 Å². The Kier molecular flexibility index (Phi) is 5.06. The number of amides is 2. The Bertz CT molecular complexity index is 546. The minimum Gasteiger partial charge on any atom is -0.495 e. The van der Waals surface area contributed by atoms with E-state index < -0.39 is 12.0 Å². The Hall–Kier alpha value is -1.76. The highest BCUT2D eigenvalue weighted by Crippen LogP contribution is 2.30. The summed E-state index contributed by atoms with van der Waals surface area (Å²) in [5.74, 6) is 0.00789. The second kappa shape index (κ2) is 6.80. The lowest BCUT2D eigenvalue weighted by molar-refractivity contribution is -0.137. The predicted octanol–water partition coefficient (Wildman–Crippen LogP) is 2.79. The number of hydrogen-bond acceptors (Lipinski definition) is 3. The van der Waals surface area contributed by atoms with Gasteiger partial charge in [-0.2, -0.15) is 0 Å². The number of methoxy groups -OCH3 is 1. The van der Waals surface area contributed by atoms with Gasteiger partial charge in [0.15, 0.2) is 0 Å². The molecule has 2 N–H and O–H groups in total. The average Bonchev–Trinajstić information content (AvgIpc) is 3.23. The first kappa shape index (κ1) is 15.6. The van der Waals surface area contributed by atoms with Gasteiger partial charge >= 0.3 is 12.0 Å². The lowest BCUT2D eigenvalue weighted by Gasteiger charge is -2.21. The average molecular weight is 357 g/mol. The maximum atomic E-state index is 12.2. The first-order valence-corrected chi connectivity index (χ1v) is 7.40. The van der Waals surface area contributed by atoms with Crippen molar-refractivity contribution in [2.24, 2.45) is 5.92 Å². The van der Waals surface area contributed by atoms with E-state index in [0.29, 0.717) is 23.9 Å². The fraction of sp³-hybridized carbons (Fsp3) is 0.429. The Morgan fingerprint density at radius 1 is 1.48 bits per heavy atom. The van der Waals surface area contributed by atoms with Crippen LogP contribution < -0.4 is 10.1 Å². The molecule has 2 rings (SSSR count). The Labute approximate surface area is 131 Å². The van der Waals surface area contributed by atoms with Crippen LogP contribution >= 0.6 is 15.9 Å². The Morgan fingerprint density at radius 3 is 2.76 bits per heavy atom. The number of carbonyl (C=O) groups excluding carboxylic acids is 1. The van der Waals surface area contributed by atoms with Crippen LogP contribution in [0.5, 0.6) is 5.75 Å². The summed E-state index contributed by atoms with van der Waals surface area (Å²) in [6, 6.07) is 4.75. The topological polar surface area (TPSA) is 78.9 Å². The van der Waals surface area contributed by atoms with Crippen molar-refractivity contribution in [2.45, 2.75) is 12.8 Å². The second-order valence-electron chi connectivity index (χ2n) is 5.00. The largest absolute Gasteiger partial charge is 0.495 e. The van der Waals surface area contributed by atoms with Crippen LogP contribution in [0.1, 0.15) is 12.8 Å². The summed E-state index contributed by atoms with van der Waals surface area (Å²) >= 11 is 3.33. The van der Waals surface area contributed by atoms with Crippen LogP contribution in [0.4, 0.5) is 10.5 Å². The zero-order valence-electron chi connectivity index (χ0n) is 11.6. The van der Waals surface area contributed by atoms with Crippen LogP contribution in [0.15, 0.2) is 22.7 Å². The molecule has 114 valence electrons. The number of halogens is 1. The third-order valence-corrected chi connectivity index (χ3v) is 3.85. The van der Waals surface area contributed by atoms with Gasteiger partial charge in [-0.05, 0) is 46.8 Å². The van der Waals surface area contributed by atoms with E-state index in [1.54, 1.807) is 18.2 Å². The lowest BCUT2D eigenvalue weighted by Crippen LogP contribution is -2.40. The van der Waals surface area contributed by atoms with E-state index >= 15 is 0 Å². The third kappa shape index (κ3) is 4.63. The van der Waals surface area contributed by atoms with Gasteiger partial charge in [-0.1, -0.05) is 0 Å². The minimum absolute atomic E-state index is 0.296. The summed E-state index contributed by atoms with van der Waals surface area (Å²) in [7, 11) is 1.54. The standard InChI is InChI=1S/C14H17BrN2O4/c1-21-12-6-10(4-5-11(12)15)16-14(20)17(8-13(18)19)7-9-2-3-9/h4-6,9H,2-3,7-8H2,1H3,(H,16,20)(H,18,19). The summed E-state index contributed by atoms with van der Waals surface area (Å²) in [5, 5.41) is 11.6. The molecule has 0 aromatic heterocycles. The molecule has 0 saturated heterocycles. The maximum Gasteiger partial charge on any atom is 0.323 e. The highest BCUT2D eigenvalue weighted by atomic mass is 79.9. The van der Waals surface area contributed by atoms with Gasteiger partial charge in [0.1, 0.15) is 12.3 Å². The monoisotopic (exact) mass is 356 g/mol. The number of carboxylic acids is 1. The van der Waals surface area contributed by atoms with Crippen molar-refractivity contribution in [3.05, 3.63) is 22.7 Å². The molecule has 0 bridgehead atoms. The highest BCUT2D eigenvalue weighted by Gasteiger charge is 2.28. The molecule has 0 aliphatic heterocycles. The van der Waals surface area contributed by atoms with E-state index in [0.717, 1.165) is 17.3 Å². The Balaban J connectivity index is 2.04. The number of carboxylic acid groups (broad SMARTS) is 1. The van der Waals surface area contributed by atoms with E-state index in [1.807, 2.05) is 0 Å². The molecule has 1 aromatic carbocycles. The van der Waals surface area contributed by atoms with E-state index in [-0.39, 0.29) is 6.54 Å². The number of urea groups is 1. The fourth-order valence-corrected chi connectivity index (χ4v) is 2.34. The molecule has 1 fully saturated rings. The van der Waals surface area contributed by atoms with E-state index in [9.17, 15) is 9.59 Å². The van der Waals surface area contributed by atoms with Gasteiger partial charge in [0.05, 0.1) is 11.6 Å². The first-order chi connectivity index (χ1) is 9.99. The molecule has 21 heavy (non-hydrogen) atoms. The van der Waals surface area contributed by atoms with Crippen LogP contribution in [-0.4, -0.2) is 42.2 Å². The minimum atomic E-state index is -1.01. The van der Waals surface area contributed by atoms with Crippen molar-refractivity contribution in [1.82, 2.24) is 4.90 Å². The smallest absolute Gasteiger partial charge is 0.323 e. The van der Waals surface area contributed by atoms with Crippen LogP contribution in [0.2, 0.25) is 0 Å². The molecule has 1 aliphatic rings. The SMILES string of the molecule is COc1cc(NC(=O)N(CC(=O)O)CC2CC2)ccc1Br. The summed E-state index contributed by atoms with van der Waals surface area (Å²) in [6.45, 7) is 0.182. The van der Waals surface area contributed by atoms with Gasteiger partial charge in [0.25, 0.3) is 0 Å². The molecular formula is C14H17BrN2O4. The van der Waals surface area contributed by atoms with E-state index in [1.165, 1.54) is 12.0 Å². The van der Waals surface area contributed by atoms with Gasteiger partial charge in [-0.3, -0.25) is 4.79 Å². The van der Waals surface area contributed by atoms with Gasteiger partial charge in [0, 0.05) is 18.3 Å². The number of anilines is 1. The van der Waals surface area contributed by atoms with Crippen LogP contribution in [-0.2, 0) is 4.79 Å². The zero-order valence-corrected chi connectivity index (χ0v) is 13.2. The molecule has 1 aromatic rings. The number of hydrogen-bond donors (Lipinski definition) is 2. The number of aliphatic carboxylic acids is 1. The van der Waals surface area contributed by atoms with Crippen molar-refractivity contribution < 1.29 is 19.4 Å². The number of ether oxygens (including phenoxy) is 1. The highest BCUT2D eigenvalue weighted by molar-refractivity contribution is 9.10. The number of nitrogens with zero attached hydrogens (tertiary/aromatic N) is 1. The van der Waals surface area contributed by atoms with Gasteiger partial charge in [-0.25, -0.2) is 4.79 Å². The molecule has 2 amide bonds. The van der Waals surface area contributed by atoms with Crippen LogP contribution in [0, 0.1) is 5.92 Å². The molecule has 0 atom stereocenters. The Morgan fingerprint density at radius 2 is 2.19 bits per heavy atom. The quantitative estimate of drug-likeness (QED) is 0.821. The molecule has 0 radical (unpaired) electrons. The number of nitrogens with one attached hydrogen (secondary N) is 1. The third-order valence-electron chi connectivity index (χ3n) is 3.19. The first-order valence-electron chi connectivity index (χ1n) is 6.61. The van der Waals surface area contributed by atoms with Gasteiger partial charge < -0.3 is 20.1 Å². The van der Waals surface area contributed by atoms with Crippen molar-refractivity contribution in [1.29, 1.82) is 0 Å². The van der Waals surface area contributed by atoms with E-state index in [4.69, 9.17) is 9.84 Å². The summed E-state index contributed by atoms with van der Waals surface area (Å²) in [6.07, 6.45) is 2.10. The summed E-state index contributed by atoms with van der Waals surface area (Å²) < 4.78 is 5.94.